The average molecular weight is 226 g/mol. The molecule has 2 atom stereocenters. The number of rotatable bonds is 3. The van der Waals surface area contributed by atoms with Gasteiger partial charge in [0.1, 0.15) is 0 Å². The summed E-state index contributed by atoms with van der Waals surface area (Å²) in [7, 11) is 1.70. The molecular weight excluding hydrogens is 208 g/mol. The van der Waals surface area contributed by atoms with E-state index in [9.17, 15) is 5.11 Å². The lowest BCUT2D eigenvalue weighted by Crippen LogP contribution is -2.47. The van der Waals surface area contributed by atoms with Crippen LogP contribution in [0.15, 0.2) is 16.8 Å². The molecule has 1 heterocycles. The molecule has 1 fully saturated rings. The minimum absolute atomic E-state index is 0.00569. The summed E-state index contributed by atoms with van der Waals surface area (Å²) in [5.41, 5.74) is 0.583. The number of hydrogen-bond donors (Lipinski definition) is 1. The first-order valence-corrected chi connectivity index (χ1v) is 6.45. The molecule has 0 aromatic carbocycles. The zero-order valence-electron chi connectivity index (χ0n) is 9.11. The Morgan fingerprint density at radius 1 is 1.60 bits per heavy atom. The van der Waals surface area contributed by atoms with Crippen molar-refractivity contribution in [3.63, 3.8) is 0 Å². The van der Waals surface area contributed by atoms with E-state index in [1.165, 1.54) is 12.0 Å². The number of aliphatic hydroxyl groups is 1. The highest BCUT2D eigenvalue weighted by Crippen LogP contribution is 2.33. The molecule has 1 aromatic heterocycles. The predicted molar refractivity (Wildman–Crippen MR) is 62.2 cm³/mol. The lowest BCUT2D eigenvalue weighted by Gasteiger charge is -2.39. The van der Waals surface area contributed by atoms with Crippen LogP contribution in [0.25, 0.3) is 0 Å². The monoisotopic (exact) mass is 226 g/mol. The molecule has 1 aromatic rings. The first-order chi connectivity index (χ1) is 7.24. The van der Waals surface area contributed by atoms with Crippen LogP contribution in [0.1, 0.15) is 31.2 Å². The third-order valence-corrected chi connectivity index (χ3v) is 4.03. The maximum atomic E-state index is 10.6. The molecule has 0 aliphatic heterocycles. The molecule has 0 amide bonds. The maximum absolute atomic E-state index is 10.6. The minimum Gasteiger partial charge on any atom is -0.387 e. The highest BCUT2D eigenvalue weighted by atomic mass is 32.1. The van der Waals surface area contributed by atoms with Crippen LogP contribution in [0, 0.1) is 0 Å². The van der Waals surface area contributed by atoms with Crippen LogP contribution in [-0.2, 0) is 11.2 Å². The Bertz CT molecular complexity index is 297. The van der Waals surface area contributed by atoms with Gasteiger partial charge in [-0.2, -0.15) is 11.3 Å². The fourth-order valence-electron chi connectivity index (χ4n) is 2.48. The van der Waals surface area contributed by atoms with Crippen molar-refractivity contribution in [1.82, 2.24) is 0 Å². The minimum atomic E-state index is -0.645. The molecule has 2 nitrogen and oxygen atoms in total. The third kappa shape index (κ3) is 2.41. The Labute approximate surface area is 94.9 Å². The number of thiophene rings is 1. The van der Waals surface area contributed by atoms with Crippen LogP contribution in [0.5, 0.6) is 0 Å². The Hall–Kier alpha value is -0.380. The zero-order chi connectivity index (χ0) is 10.7. The zero-order valence-corrected chi connectivity index (χ0v) is 9.93. The first-order valence-electron chi connectivity index (χ1n) is 5.51. The molecule has 1 saturated carbocycles. The molecule has 0 saturated heterocycles. The van der Waals surface area contributed by atoms with Crippen LogP contribution >= 0.6 is 11.3 Å². The van der Waals surface area contributed by atoms with E-state index in [2.05, 4.69) is 16.8 Å². The van der Waals surface area contributed by atoms with Crippen LogP contribution in [0.3, 0.4) is 0 Å². The molecule has 1 aliphatic rings. The van der Waals surface area contributed by atoms with E-state index in [0.717, 1.165) is 25.7 Å². The Morgan fingerprint density at radius 3 is 3.13 bits per heavy atom. The number of ether oxygens (including phenoxy) is 1. The average Bonchev–Trinajstić information content (AvgIpc) is 2.70. The highest BCUT2D eigenvalue weighted by molar-refractivity contribution is 7.07. The van der Waals surface area contributed by atoms with Crippen LogP contribution < -0.4 is 0 Å². The summed E-state index contributed by atoms with van der Waals surface area (Å²) >= 11 is 1.68. The Kier molecular flexibility index (Phi) is 3.44. The van der Waals surface area contributed by atoms with E-state index < -0.39 is 5.60 Å². The van der Waals surface area contributed by atoms with Crippen molar-refractivity contribution in [1.29, 1.82) is 0 Å². The van der Waals surface area contributed by atoms with E-state index in [4.69, 9.17) is 4.74 Å². The summed E-state index contributed by atoms with van der Waals surface area (Å²) in [5.74, 6) is 0. The largest absolute Gasteiger partial charge is 0.387 e. The van der Waals surface area contributed by atoms with Gasteiger partial charge in [-0.3, -0.25) is 0 Å². The normalized spacial score (nSPS) is 31.7. The van der Waals surface area contributed by atoms with Gasteiger partial charge in [0.2, 0.25) is 0 Å². The summed E-state index contributed by atoms with van der Waals surface area (Å²) < 4.78 is 5.41. The SMILES string of the molecule is COC1CCCCC1(O)Cc1ccsc1. The molecule has 2 unspecified atom stereocenters. The second-order valence-corrected chi connectivity index (χ2v) is 5.16. The third-order valence-electron chi connectivity index (χ3n) is 3.30. The number of hydrogen-bond acceptors (Lipinski definition) is 3. The molecule has 84 valence electrons. The quantitative estimate of drug-likeness (QED) is 0.858. The van der Waals surface area contributed by atoms with Crippen molar-refractivity contribution in [2.24, 2.45) is 0 Å². The fraction of sp³-hybridized carbons (Fsp3) is 0.667. The molecule has 0 bridgehead atoms. The highest BCUT2D eigenvalue weighted by Gasteiger charge is 2.39. The summed E-state index contributed by atoms with van der Waals surface area (Å²) in [6, 6.07) is 2.09. The van der Waals surface area contributed by atoms with Gasteiger partial charge in [0.25, 0.3) is 0 Å². The predicted octanol–water partition coefficient (Wildman–Crippen LogP) is 2.61. The van der Waals surface area contributed by atoms with Gasteiger partial charge in [-0.25, -0.2) is 0 Å². The standard InChI is InChI=1S/C12H18O2S/c1-14-11-4-2-3-6-12(11,13)8-10-5-7-15-9-10/h5,7,9,11,13H,2-4,6,8H2,1H3. The molecule has 1 aliphatic carbocycles. The maximum Gasteiger partial charge on any atom is 0.0948 e. The van der Waals surface area contributed by atoms with E-state index >= 15 is 0 Å². The fourth-order valence-corrected chi connectivity index (χ4v) is 3.15. The van der Waals surface area contributed by atoms with Gasteiger partial charge < -0.3 is 9.84 Å². The van der Waals surface area contributed by atoms with E-state index in [-0.39, 0.29) is 6.10 Å². The van der Waals surface area contributed by atoms with Crippen LogP contribution in [-0.4, -0.2) is 23.9 Å². The molecule has 15 heavy (non-hydrogen) atoms. The molecular formula is C12H18O2S. The Morgan fingerprint density at radius 2 is 2.47 bits per heavy atom. The van der Waals surface area contributed by atoms with E-state index in [0.29, 0.717) is 0 Å². The van der Waals surface area contributed by atoms with Crippen molar-refractivity contribution < 1.29 is 9.84 Å². The topological polar surface area (TPSA) is 29.5 Å². The van der Waals surface area contributed by atoms with Crippen molar-refractivity contribution >= 4 is 11.3 Å². The summed E-state index contributed by atoms with van der Waals surface area (Å²) in [6.45, 7) is 0. The second kappa shape index (κ2) is 4.64. The van der Waals surface area contributed by atoms with Crippen LogP contribution in [0.2, 0.25) is 0 Å². The molecule has 2 rings (SSSR count). The van der Waals surface area contributed by atoms with Gasteiger partial charge in [0, 0.05) is 13.5 Å². The van der Waals surface area contributed by atoms with E-state index in [1.807, 2.05) is 0 Å². The smallest absolute Gasteiger partial charge is 0.0948 e. The van der Waals surface area contributed by atoms with E-state index in [1.54, 1.807) is 18.4 Å². The first kappa shape index (κ1) is 11.1. The van der Waals surface area contributed by atoms with Crippen molar-refractivity contribution in [2.45, 2.75) is 43.8 Å². The summed E-state index contributed by atoms with van der Waals surface area (Å²) in [6.07, 6.45) is 4.87. The molecule has 0 spiro atoms. The van der Waals surface area contributed by atoms with Gasteiger partial charge in [-0.15, -0.1) is 0 Å². The second-order valence-electron chi connectivity index (χ2n) is 4.38. The van der Waals surface area contributed by atoms with Gasteiger partial charge in [-0.1, -0.05) is 12.8 Å². The van der Waals surface area contributed by atoms with Gasteiger partial charge in [0.05, 0.1) is 11.7 Å². The molecule has 3 heteroatoms. The van der Waals surface area contributed by atoms with Crippen molar-refractivity contribution in [3.8, 4) is 0 Å². The van der Waals surface area contributed by atoms with Crippen molar-refractivity contribution in [2.75, 3.05) is 7.11 Å². The molecule has 0 radical (unpaired) electrons. The van der Waals surface area contributed by atoms with Crippen LogP contribution in [0.4, 0.5) is 0 Å². The van der Waals surface area contributed by atoms with Gasteiger partial charge in [-0.05, 0) is 35.2 Å². The number of methoxy groups -OCH3 is 1. The molecule has 1 N–H and O–H groups in total. The van der Waals surface area contributed by atoms with Gasteiger partial charge in [0.15, 0.2) is 0 Å². The summed E-state index contributed by atoms with van der Waals surface area (Å²) in [5, 5.41) is 14.8. The van der Waals surface area contributed by atoms with Crippen molar-refractivity contribution in [3.05, 3.63) is 22.4 Å². The summed E-state index contributed by atoms with van der Waals surface area (Å²) in [4.78, 5) is 0. The lowest BCUT2D eigenvalue weighted by molar-refractivity contribution is -0.116. The Balaban J connectivity index is 2.09. The lowest BCUT2D eigenvalue weighted by atomic mass is 9.78. The van der Waals surface area contributed by atoms with Gasteiger partial charge >= 0.3 is 0 Å².